The number of amides is 1. The molecule has 1 amide bonds. The summed E-state index contributed by atoms with van der Waals surface area (Å²) in [5.41, 5.74) is 2.96. The van der Waals surface area contributed by atoms with Crippen LogP contribution in [0.2, 0.25) is 0 Å². The van der Waals surface area contributed by atoms with E-state index in [1.807, 2.05) is 50.2 Å². The van der Waals surface area contributed by atoms with Crippen LogP contribution in [0, 0.1) is 13.8 Å². The number of aryl methyl sites for hydroxylation is 3. The summed E-state index contributed by atoms with van der Waals surface area (Å²) in [6.45, 7) is 7.97. The van der Waals surface area contributed by atoms with Crippen molar-refractivity contribution < 1.29 is 14.3 Å². The number of rotatable bonds is 9. The molecule has 1 aromatic carbocycles. The van der Waals surface area contributed by atoms with E-state index >= 15 is 0 Å². The fraction of sp³-hybridized carbons (Fsp3) is 0.476. The minimum absolute atomic E-state index is 0.0837. The van der Waals surface area contributed by atoms with E-state index in [0.717, 1.165) is 29.8 Å². The van der Waals surface area contributed by atoms with Crippen molar-refractivity contribution in [2.45, 2.75) is 65.6 Å². The van der Waals surface area contributed by atoms with Crippen LogP contribution < -0.4 is 5.32 Å². The molecule has 0 aliphatic heterocycles. The van der Waals surface area contributed by atoms with E-state index in [0.29, 0.717) is 6.54 Å². The zero-order valence-electron chi connectivity index (χ0n) is 16.6. The van der Waals surface area contributed by atoms with Crippen molar-refractivity contribution in [3.63, 3.8) is 0 Å². The minimum atomic E-state index is -0.832. The monoisotopic (exact) mass is 371 g/mol. The van der Waals surface area contributed by atoms with Gasteiger partial charge in [0.1, 0.15) is 0 Å². The van der Waals surface area contributed by atoms with Crippen LogP contribution in [0.3, 0.4) is 0 Å². The van der Waals surface area contributed by atoms with Gasteiger partial charge in [-0.1, -0.05) is 43.7 Å². The molecule has 2 aromatic rings. The maximum Gasteiger partial charge on any atom is 0.308 e. The number of nitrogens with one attached hydrogen (secondary N) is 1. The van der Waals surface area contributed by atoms with Crippen LogP contribution in [0.5, 0.6) is 0 Å². The van der Waals surface area contributed by atoms with Crippen molar-refractivity contribution in [3.8, 4) is 0 Å². The molecule has 1 heterocycles. The van der Waals surface area contributed by atoms with Gasteiger partial charge in [-0.3, -0.25) is 14.3 Å². The Kier molecular flexibility index (Phi) is 7.58. The Morgan fingerprint density at radius 3 is 2.52 bits per heavy atom. The third-order valence-corrected chi connectivity index (χ3v) is 4.40. The summed E-state index contributed by atoms with van der Waals surface area (Å²) in [4.78, 5) is 24.6. The van der Waals surface area contributed by atoms with Gasteiger partial charge >= 0.3 is 5.97 Å². The van der Waals surface area contributed by atoms with Crippen LogP contribution in [0.4, 0.5) is 0 Å². The van der Waals surface area contributed by atoms with E-state index < -0.39 is 12.1 Å². The second-order valence-corrected chi connectivity index (χ2v) is 6.79. The van der Waals surface area contributed by atoms with Crippen molar-refractivity contribution in [1.82, 2.24) is 15.1 Å². The lowest BCUT2D eigenvalue weighted by atomic mass is 10.0. The third-order valence-electron chi connectivity index (χ3n) is 4.40. The van der Waals surface area contributed by atoms with E-state index in [1.54, 1.807) is 11.6 Å². The molecular formula is C21H29N3O3. The molecule has 27 heavy (non-hydrogen) atoms. The summed E-state index contributed by atoms with van der Waals surface area (Å²) in [5.74, 6) is -0.686. The maximum atomic E-state index is 12.5. The van der Waals surface area contributed by atoms with Crippen LogP contribution in [0.25, 0.3) is 0 Å². The Balaban J connectivity index is 1.86. The van der Waals surface area contributed by atoms with Crippen LogP contribution in [-0.4, -0.2) is 27.8 Å². The van der Waals surface area contributed by atoms with Gasteiger partial charge < -0.3 is 10.1 Å². The lowest BCUT2D eigenvalue weighted by molar-refractivity contribution is -0.155. The molecule has 146 valence electrons. The SMILES string of the molecule is CCCC(NC(=O)C(C)OC(=O)CCn1nc(C)cc1C)c1ccccc1. The highest BCUT2D eigenvalue weighted by Crippen LogP contribution is 2.18. The van der Waals surface area contributed by atoms with Gasteiger partial charge in [0.05, 0.1) is 24.7 Å². The first-order chi connectivity index (χ1) is 12.9. The van der Waals surface area contributed by atoms with E-state index in [4.69, 9.17) is 4.74 Å². The van der Waals surface area contributed by atoms with Gasteiger partial charge in [-0.05, 0) is 38.8 Å². The topological polar surface area (TPSA) is 73.2 Å². The lowest BCUT2D eigenvalue weighted by Gasteiger charge is -2.21. The summed E-state index contributed by atoms with van der Waals surface area (Å²) in [5, 5.41) is 7.31. The third kappa shape index (κ3) is 6.24. The van der Waals surface area contributed by atoms with Crippen molar-refractivity contribution in [1.29, 1.82) is 0 Å². The zero-order chi connectivity index (χ0) is 19.8. The molecule has 0 spiro atoms. The summed E-state index contributed by atoms with van der Waals surface area (Å²) in [6, 6.07) is 11.7. The fourth-order valence-corrected chi connectivity index (χ4v) is 2.99. The van der Waals surface area contributed by atoms with Gasteiger partial charge in [0.15, 0.2) is 6.10 Å². The van der Waals surface area contributed by atoms with Crippen LogP contribution >= 0.6 is 0 Å². The van der Waals surface area contributed by atoms with Crippen molar-refractivity contribution in [2.24, 2.45) is 0 Å². The van der Waals surface area contributed by atoms with Gasteiger partial charge in [0.25, 0.3) is 5.91 Å². The number of hydrogen-bond acceptors (Lipinski definition) is 4. The largest absolute Gasteiger partial charge is 0.452 e. The standard InChI is InChI=1S/C21H29N3O3/c1-5-9-19(18-10-7-6-8-11-18)22-21(26)17(4)27-20(25)12-13-24-16(3)14-15(2)23-24/h6-8,10-11,14,17,19H,5,9,12-13H2,1-4H3,(H,22,26). The molecule has 0 saturated carbocycles. The Morgan fingerprint density at radius 1 is 1.22 bits per heavy atom. The number of aromatic nitrogens is 2. The fourth-order valence-electron chi connectivity index (χ4n) is 2.99. The predicted molar refractivity (Wildman–Crippen MR) is 104 cm³/mol. The number of benzene rings is 1. The van der Waals surface area contributed by atoms with Crippen molar-refractivity contribution in [2.75, 3.05) is 0 Å². The second kappa shape index (κ2) is 9.90. The van der Waals surface area contributed by atoms with Gasteiger partial charge in [-0.25, -0.2) is 0 Å². The highest BCUT2D eigenvalue weighted by atomic mass is 16.5. The van der Waals surface area contributed by atoms with Crippen molar-refractivity contribution >= 4 is 11.9 Å². The summed E-state index contributed by atoms with van der Waals surface area (Å²) >= 11 is 0. The molecular weight excluding hydrogens is 342 g/mol. The molecule has 6 heteroatoms. The average Bonchev–Trinajstić information content (AvgIpc) is 2.97. The molecule has 6 nitrogen and oxygen atoms in total. The highest BCUT2D eigenvalue weighted by Gasteiger charge is 2.21. The molecule has 2 unspecified atom stereocenters. The van der Waals surface area contributed by atoms with Gasteiger partial charge in [0, 0.05) is 5.69 Å². The van der Waals surface area contributed by atoms with E-state index in [2.05, 4.69) is 17.3 Å². The Hall–Kier alpha value is -2.63. The van der Waals surface area contributed by atoms with Gasteiger partial charge in [-0.15, -0.1) is 0 Å². The normalized spacial score (nSPS) is 13.0. The number of ether oxygens (including phenoxy) is 1. The minimum Gasteiger partial charge on any atom is -0.452 e. The zero-order valence-corrected chi connectivity index (χ0v) is 16.6. The lowest BCUT2D eigenvalue weighted by Crippen LogP contribution is -2.38. The average molecular weight is 371 g/mol. The van der Waals surface area contributed by atoms with Gasteiger partial charge in [-0.2, -0.15) is 5.10 Å². The molecule has 1 N–H and O–H groups in total. The van der Waals surface area contributed by atoms with Gasteiger partial charge in [0.2, 0.25) is 0 Å². The Bertz CT molecular complexity index is 755. The number of carbonyl (C=O) groups is 2. The molecule has 0 aliphatic carbocycles. The maximum absolute atomic E-state index is 12.5. The first-order valence-electron chi connectivity index (χ1n) is 9.46. The number of esters is 1. The molecule has 2 rings (SSSR count). The van der Waals surface area contributed by atoms with E-state index in [1.165, 1.54) is 0 Å². The Morgan fingerprint density at radius 2 is 1.93 bits per heavy atom. The first-order valence-corrected chi connectivity index (χ1v) is 9.46. The molecule has 0 aliphatic rings. The number of hydrogen-bond donors (Lipinski definition) is 1. The Labute approximate surface area is 160 Å². The first kappa shape index (κ1) is 20.7. The smallest absolute Gasteiger partial charge is 0.308 e. The van der Waals surface area contributed by atoms with Crippen LogP contribution in [-0.2, 0) is 20.9 Å². The quantitative estimate of drug-likeness (QED) is 0.685. The molecule has 1 aromatic heterocycles. The molecule has 0 saturated heterocycles. The predicted octanol–water partition coefficient (Wildman–Crippen LogP) is 3.48. The number of carbonyl (C=O) groups excluding carboxylic acids is 2. The summed E-state index contributed by atoms with van der Waals surface area (Å²) in [6.07, 6.45) is 1.11. The van der Waals surface area contributed by atoms with Crippen LogP contribution in [0.1, 0.15) is 56.1 Å². The van der Waals surface area contributed by atoms with E-state index in [9.17, 15) is 9.59 Å². The number of nitrogens with zero attached hydrogens (tertiary/aromatic N) is 2. The molecule has 0 radical (unpaired) electrons. The summed E-state index contributed by atoms with van der Waals surface area (Å²) < 4.78 is 7.08. The highest BCUT2D eigenvalue weighted by molar-refractivity contribution is 5.83. The summed E-state index contributed by atoms with van der Waals surface area (Å²) in [7, 11) is 0. The van der Waals surface area contributed by atoms with Crippen LogP contribution in [0.15, 0.2) is 36.4 Å². The second-order valence-electron chi connectivity index (χ2n) is 6.79. The molecule has 0 bridgehead atoms. The molecule has 0 fully saturated rings. The molecule has 2 atom stereocenters. The van der Waals surface area contributed by atoms with Crippen molar-refractivity contribution in [3.05, 3.63) is 53.3 Å². The van der Waals surface area contributed by atoms with E-state index in [-0.39, 0.29) is 18.4 Å².